The first-order chi connectivity index (χ1) is 8.08. The summed E-state index contributed by atoms with van der Waals surface area (Å²) in [7, 11) is 0. The molecule has 2 heterocycles. The van der Waals surface area contributed by atoms with Crippen LogP contribution >= 0.6 is 0 Å². The SMILES string of the molecule is CC1CCN(C(=O)C2CCCC(C)N2)C(C)C1. The van der Waals surface area contributed by atoms with Crippen LogP contribution < -0.4 is 5.32 Å². The number of carbonyl (C=O) groups is 1. The molecule has 1 amide bonds. The van der Waals surface area contributed by atoms with Gasteiger partial charge in [-0.25, -0.2) is 0 Å². The minimum absolute atomic E-state index is 0.0783. The summed E-state index contributed by atoms with van der Waals surface area (Å²) in [6, 6.07) is 0.997. The van der Waals surface area contributed by atoms with E-state index < -0.39 is 0 Å². The molecule has 4 atom stereocenters. The molecule has 2 rings (SSSR count). The predicted octanol–water partition coefficient (Wildman–Crippen LogP) is 2.16. The molecule has 4 unspecified atom stereocenters. The van der Waals surface area contributed by atoms with Gasteiger partial charge in [-0.1, -0.05) is 6.92 Å². The number of amides is 1. The third-order valence-corrected chi connectivity index (χ3v) is 4.34. The second kappa shape index (κ2) is 5.38. The molecular weight excluding hydrogens is 212 g/mol. The molecule has 0 aliphatic carbocycles. The standard InChI is InChI=1S/C14H26N2O/c1-10-7-8-16(12(3)9-10)14(17)13-6-4-5-11(2)15-13/h10-13,15H,4-9H2,1-3H3. The van der Waals surface area contributed by atoms with Crippen molar-refractivity contribution < 1.29 is 4.79 Å². The van der Waals surface area contributed by atoms with Gasteiger partial charge >= 0.3 is 0 Å². The lowest BCUT2D eigenvalue weighted by atomic mass is 9.91. The van der Waals surface area contributed by atoms with Crippen LogP contribution in [0.1, 0.15) is 52.9 Å². The smallest absolute Gasteiger partial charge is 0.239 e. The minimum Gasteiger partial charge on any atom is -0.339 e. The summed E-state index contributed by atoms with van der Waals surface area (Å²) in [6.45, 7) is 7.62. The molecule has 0 aromatic carbocycles. The zero-order valence-corrected chi connectivity index (χ0v) is 11.4. The van der Waals surface area contributed by atoms with Gasteiger partial charge in [0.1, 0.15) is 0 Å². The molecule has 0 aromatic rings. The Morgan fingerprint density at radius 2 is 1.94 bits per heavy atom. The van der Waals surface area contributed by atoms with Crippen LogP contribution in [0.2, 0.25) is 0 Å². The second-order valence-electron chi connectivity index (χ2n) is 6.06. The first kappa shape index (κ1) is 12.9. The van der Waals surface area contributed by atoms with Crippen molar-refractivity contribution in [3.8, 4) is 0 Å². The monoisotopic (exact) mass is 238 g/mol. The minimum atomic E-state index is 0.0783. The number of rotatable bonds is 1. The van der Waals surface area contributed by atoms with Crippen molar-refractivity contribution in [3.05, 3.63) is 0 Å². The fourth-order valence-corrected chi connectivity index (χ4v) is 3.27. The van der Waals surface area contributed by atoms with Crippen LogP contribution in [0.4, 0.5) is 0 Å². The molecule has 17 heavy (non-hydrogen) atoms. The average Bonchev–Trinajstić information content (AvgIpc) is 2.28. The normalized spacial score (nSPS) is 39.1. The van der Waals surface area contributed by atoms with E-state index in [9.17, 15) is 4.79 Å². The van der Waals surface area contributed by atoms with Gasteiger partial charge in [-0.2, -0.15) is 0 Å². The molecule has 3 heteroatoms. The molecule has 3 nitrogen and oxygen atoms in total. The van der Waals surface area contributed by atoms with Crippen LogP contribution in [0.5, 0.6) is 0 Å². The Morgan fingerprint density at radius 1 is 1.18 bits per heavy atom. The molecule has 98 valence electrons. The van der Waals surface area contributed by atoms with E-state index in [1.54, 1.807) is 0 Å². The summed E-state index contributed by atoms with van der Waals surface area (Å²) in [4.78, 5) is 14.6. The lowest BCUT2D eigenvalue weighted by molar-refractivity contribution is -0.138. The molecule has 0 aromatic heterocycles. The maximum Gasteiger partial charge on any atom is 0.239 e. The number of piperidine rings is 2. The van der Waals surface area contributed by atoms with Gasteiger partial charge in [-0.3, -0.25) is 4.79 Å². The first-order valence-electron chi connectivity index (χ1n) is 7.14. The van der Waals surface area contributed by atoms with Crippen molar-refractivity contribution in [1.29, 1.82) is 0 Å². The molecule has 0 bridgehead atoms. The summed E-state index contributed by atoms with van der Waals surface area (Å²) < 4.78 is 0. The van der Waals surface area contributed by atoms with E-state index in [0.717, 1.165) is 25.3 Å². The lowest BCUT2D eigenvalue weighted by Crippen LogP contribution is -2.55. The van der Waals surface area contributed by atoms with Crippen molar-refractivity contribution in [2.75, 3.05) is 6.54 Å². The Balaban J connectivity index is 1.94. The molecule has 2 aliphatic heterocycles. The van der Waals surface area contributed by atoms with Crippen LogP contribution in [0.25, 0.3) is 0 Å². The van der Waals surface area contributed by atoms with Gasteiger partial charge in [-0.15, -0.1) is 0 Å². The van der Waals surface area contributed by atoms with E-state index in [2.05, 4.69) is 31.0 Å². The van der Waals surface area contributed by atoms with Crippen molar-refractivity contribution >= 4 is 5.91 Å². The Labute approximate surface area is 105 Å². The Bertz CT molecular complexity index is 279. The molecule has 0 spiro atoms. The number of nitrogens with one attached hydrogen (secondary N) is 1. The van der Waals surface area contributed by atoms with E-state index >= 15 is 0 Å². The molecule has 2 aliphatic rings. The van der Waals surface area contributed by atoms with E-state index in [0.29, 0.717) is 18.0 Å². The number of likely N-dealkylation sites (tertiary alicyclic amines) is 1. The summed E-state index contributed by atoms with van der Waals surface area (Å²) >= 11 is 0. The quantitative estimate of drug-likeness (QED) is 0.759. The van der Waals surface area contributed by atoms with Crippen molar-refractivity contribution in [2.45, 2.75) is 71.0 Å². The largest absolute Gasteiger partial charge is 0.339 e. The van der Waals surface area contributed by atoms with Crippen LogP contribution in [0.15, 0.2) is 0 Å². The Morgan fingerprint density at radius 3 is 2.59 bits per heavy atom. The molecular formula is C14H26N2O. The van der Waals surface area contributed by atoms with Gasteiger partial charge in [0.2, 0.25) is 5.91 Å². The van der Waals surface area contributed by atoms with Crippen LogP contribution in [-0.2, 0) is 4.79 Å². The fraction of sp³-hybridized carbons (Fsp3) is 0.929. The van der Waals surface area contributed by atoms with Gasteiger partial charge in [0.15, 0.2) is 0 Å². The molecule has 2 fully saturated rings. The van der Waals surface area contributed by atoms with Gasteiger partial charge < -0.3 is 10.2 Å². The second-order valence-corrected chi connectivity index (χ2v) is 6.06. The van der Waals surface area contributed by atoms with E-state index in [1.165, 1.54) is 19.3 Å². The third-order valence-electron chi connectivity index (χ3n) is 4.34. The van der Waals surface area contributed by atoms with Gasteiger partial charge in [0, 0.05) is 18.6 Å². The van der Waals surface area contributed by atoms with E-state index in [4.69, 9.17) is 0 Å². The molecule has 0 saturated carbocycles. The number of hydrogen-bond acceptors (Lipinski definition) is 2. The number of carbonyl (C=O) groups excluding carboxylic acids is 1. The maximum atomic E-state index is 12.5. The average molecular weight is 238 g/mol. The zero-order chi connectivity index (χ0) is 12.4. The van der Waals surface area contributed by atoms with Gasteiger partial charge in [0.05, 0.1) is 6.04 Å². The summed E-state index contributed by atoms with van der Waals surface area (Å²) in [6.07, 6.45) is 5.73. The van der Waals surface area contributed by atoms with E-state index in [1.807, 2.05) is 0 Å². The number of nitrogens with zero attached hydrogens (tertiary/aromatic N) is 1. The summed E-state index contributed by atoms with van der Waals surface area (Å²) in [5.41, 5.74) is 0. The van der Waals surface area contributed by atoms with Crippen molar-refractivity contribution in [2.24, 2.45) is 5.92 Å². The predicted molar refractivity (Wildman–Crippen MR) is 69.8 cm³/mol. The Hall–Kier alpha value is -0.570. The molecule has 0 radical (unpaired) electrons. The van der Waals surface area contributed by atoms with Gasteiger partial charge in [-0.05, 0) is 51.9 Å². The lowest BCUT2D eigenvalue weighted by Gasteiger charge is -2.40. The summed E-state index contributed by atoms with van der Waals surface area (Å²) in [5.74, 6) is 1.11. The van der Waals surface area contributed by atoms with Crippen molar-refractivity contribution in [3.63, 3.8) is 0 Å². The van der Waals surface area contributed by atoms with Gasteiger partial charge in [0.25, 0.3) is 0 Å². The highest BCUT2D eigenvalue weighted by Gasteiger charge is 2.32. The highest BCUT2D eigenvalue weighted by atomic mass is 16.2. The topological polar surface area (TPSA) is 32.3 Å². The Kier molecular flexibility index (Phi) is 4.08. The van der Waals surface area contributed by atoms with Crippen LogP contribution in [0.3, 0.4) is 0 Å². The third kappa shape index (κ3) is 3.01. The fourth-order valence-electron chi connectivity index (χ4n) is 3.27. The van der Waals surface area contributed by atoms with Crippen molar-refractivity contribution in [1.82, 2.24) is 10.2 Å². The summed E-state index contributed by atoms with van der Waals surface area (Å²) in [5, 5.41) is 3.45. The highest BCUT2D eigenvalue weighted by Crippen LogP contribution is 2.24. The number of hydrogen-bond donors (Lipinski definition) is 1. The molecule has 1 N–H and O–H groups in total. The van der Waals surface area contributed by atoms with E-state index in [-0.39, 0.29) is 6.04 Å². The first-order valence-corrected chi connectivity index (χ1v) is 7.14. The highest BCUT2D eigenvalue weighted by molar-refractivity contribution is 5.82. The van der Waals surface area contributed by atoms with Crippen LogP contribution in [0, 0.1) is 5.92 Å². The zero-order valence-electron chi connectivity index (χ0n) is 11.4. The molecule has 2 saturated heterocycles. The van der Waals surface area contributed by atoms with Crippen LogP contribution in [-0.4, -0.2) is 35.5 Å². The maximum absolute atomic E-state index is 12.5.